The molecule has 0 aliphatic heterocycles. The highest BCUT2D eigenvalue weighted by atomic mass is 15.3. The number of unbranched alkanes of at least 4 members (excludes halogenated alkanes) is 3. The first-order chi connectivity index (χ1) is 10.1. The number of aryl methyl sites for hydroxylation is 1. The lowest BCUT2D eigenvalue weighted by atomic mass is 9.74. The predicted molar refractivity (Wildman–Crippen MR) is 95.1 cm³/mol. The van der Waals surface area contributed by atoms with Crippen molar-refractivity contribution in [2.75, 3.05) is 0 Å². The molecular weight excluding hydrogens is 268 g/mol. The Morgan fingerprint density at radius 3 is 2.18 bits per heavy atom. The molecule has 0 spiro atoms. The molecule has 126 valence electrons. The molecular formula is C20H36N2. The van der Waals surface area contributed by atoms with Gasteiger partial charge in [-0.05, 0) is 42.1 Å². The summed E-state index contributed by atoms with van der Waals surface area (Å²) in [5, 5.41) is 4.61. The fourth-order valence-corrected chi connectivity index (χ4v) is 3.61. The van der Waals surface area contributed by atoms with E-state index in [-0.39, 0.29) is 0 Å². The van der Waals surface area contributed by atoms with Gasteiger partial charge >= 0.3 is 0 Å². The monoisotopic (exact) mass is 304 g/mol. The summed E-state index contributed by atoms with van der Waals surface area (Å²) < 4.78 is 2.17. The van der Waals surface area contributed by atoms with Gasteiger partial charge in [0.15, 0.2) is 0 Å². The highest BCUT2D eigenvalue weighted by Gasteiger charge is 2.53. The Morgan fingerprint density at radius 1 is 1.00 bits per heavy atom. The molecule has 2 rings (SSSR count). The molecule has 2 nitrogen and oxygen atoms in total. The van der Waals surface area contributed by atoms with Crippen molar-refractivity contribution in [1.29, 1.82) is 0 Å². The van der Waals surface area contributed by atoms with E-state index >= 15 is 0 Å². The van der Waals surface area contributed by atoms with Gasteiger partial charge in [0, 0.05) is 18.2 Å². The molecule has 1 aromatic rings. The SMILES string of the molecule is CC(C)(C)CCCCCCn1cc(C2(C(C)(C)C)CC2)cn1. The van der Waals surface area contributed by atoms with E-state index in [1.807, 2.05) is 0 Å². The Morgan fingerprint density at radius 2 is 1.64 bits per heavy atom. The zero-order valence-electron chi connectivity index (χ0n) is 15.7. The quantitative estimate of drug-likeness (QED) is 0.568. The zero-order chi connectivity index (χ0) is 16.4. The van der Waals surface area contributed by atoms with Crippen molar-refractivity contribution < 1.29 is 0 Å². The molecule has 1 aromatic heterocycles. The predicted octanol–water partition coefficient (Wildman–Crippen LogP) is 5.96. The van der Waals surface area contributed by atoms with Crippen LogP contribution in [0.4, 0.5) is 0 Å². The fraction of sp³-hybridized carbons (Fsp3) is 0.850. The molecule has 0 aromatic carbocycles. The molecule has 1 heterocycles. The minimum absolute atomic E-state index is 0.355. The fourth-order valence-electron chi connectivity index (χ4n) is 3.61. The zero-order valence-corrected chi connectivity index (χ0v) is 15.7. The van der Waals surface area contributed by atoms with E-state index in [1.165, 1.54) is 50.5 Å². The first kappa shape index (κ1) is 17.6. The molecule has 22 heavy (non-hydrogen) atoms. The minimum Gasteiger partial charge on any atom is -0.272 e. The topological polar surface area (TPSA) is 17.8 Å². The second-order valence-electron chi connectivity index (χ2n) is 9.55. The van der Waals surface area contributed by atoms with Gasteiger partial charge in [-0.3, -0.25) is 4.68 Å². The van der Waals surface area contributed by atoms with Gasteiger partial charge in [-0.25, -0.2) is 0 Å². The molecule has 0 bridgehead atoms. The van der Waals surface area contributed by atoms with Gasteiger partial charge in [0.1, 0.15) is 0 Å². The summed E-state index contributed by atoms with van der Waals surface area (Å²) in [5.74, 6) is 0. The highest BCUT2D eigenvalue weighted by molar-refractivity contribution is 5.30. The Bertz CT molecular complexity index is 467. The maximum absolute atomic E-state index is 4.61. The number of hydrogen-bond acceptors (Lipinski definition) is 1. The maximum Gasteiger partial charge on any atom is 0.0527 e. The van der Waals surface area contributed by atoms with E-state index in [4.69, 9.17) is 0 Å². The number of rotatable bonds is 7. The van der Waals surface area contributed by atoms with E-state index in [0.29, 0.717) is 16.2 Å². The average Bonchev–Trinajstić information content (AvgIpc) is 3.07. The highest BCUT2D eigenvalue weighted by Crippen LogP contribution is 2.59. The van der Waals surface area contributed by atoms with Gasteiger partial charge in [-0.1, -0.05) is 60.8 Å². The average molecular weight is 305 g/mol. The summed E-state index contributed by atoms with van der Waals surface area (Å²) in [5.41, 5.74) is 2.71. The standard InChI is InChI=1S/C20H36N2/c1-18(2,3)11-9-7-8-10-14-22-16-17(15-21-22)20(12-13-20)19(4,5)6/h15-16H,7-14H2,1-6H3. The van der Waals surface area contributed by atoms with Crippen molar-refractivity contribution in [1.82, 2.24) is 9.78 Å². The summed E-state index contributed by atoms with van der Waals surface area (Å²) in [7, 11) is 0. The maximum atomic E-state index is 4.61. The first-order valence-corrected chi connectivity index (χ1v) is 9.17. The van der Waals surface area contributed by atoms with Gasteiger partial charge < -0.3 is 0 Å². The number of hydrogen-bond donors (Lipinski definition) is 0. The van der Waals surface area contributed by atoms with Crippen LogP contribution in [0.15, 0.2) is 12.4 Å². The normalized spacial score (nSPS) is 17.7. The lowest BCUT2D eigenvalue weighted by molar-refractivity contribution is 0.298. The number of nitrogens with zero attached hydrogens (tertiary/aromatic N) is 2. The van der Waals surface area contributed by atoms with Gasteiger partial charge in [-0.2, -0.15) is 5.10 Å². The van der Waals surface area contributed by atoms with Crippen LogP contribution < -0.4 is 0 Å². The Kier molecular flexibility index (Phi) is 5.09. The molecule has 0 amide bonds. The van der Waals surface area contributed by atoms with Gasteiger partial charge in [0.25, 0.3) is 0 Å². The van der Waals surface area contributed by atoms with E-state index < -0.39 is 0 Å². The largest absolute Gasteiger partial charge is 0.272 e. The molecule has 1 aliphatic carbocycles. The van der Waals surface area contributed by atoms with Crippen LogP contribution >= 0.6 is 0 Å². The molecule has 1 fully saturated rings. The van der Waals surface area contributed by atoms with Crippen molar-refractivity contribution >= 4 is 0 Å². The minimum atomic E-state index is 0.355. The summed E-state index contributed by atoms with van der Waals surface area (Å²) in [6.45, 7) is 15.2. The van der Waals surface area contributed by atoms with Gasteiger partial charge in [0.2, 0.25) is 0 Å². The molecule has 1 aliphatic rings. The van der Waals surface area contributed by atoms with Crippen LogP contribution in [-0.4, -0.2) is 9.78 Å². The third-order valence-corrected chi connectivity index (χ3v) is 5.44. The molecule has 0 atom stereocenters. The van der Waals surface area contributed by atoms with Crippen molar-refractivity contribution in [3.05, 3.63) is 18.0 Å². The van der Waals surface area contributed by atoms with Gasteiger partial charge in [-0.15, -0.1) is 0 Å². The Balaban J connectivity index is 1.73. The van der Waals surface area contributed by atoms with Crippen molar-refractivity contribution in [3.8, 4) is 0 Å². The van der Waals surface area contributed by atoms with Crippen LogP contribution in [0.3, 0.4) is 0 Å². The lowest BCUT2D eigenvalue weighted by Crippen LogP contribution is -2.25. The second kappa shape index (κ2) is 6.37. The molecule has 0 N–H and O–H groups in total. The van der Waals surface area contributed by atoms with Crippen LogP contribution in [0.5, 0.6) is 0 Å². The summed E-state index contributed by atoms with van der Waals surface area (Å²) >= 11 is 0. The van der Waals surface area contributed by atoms with Gasteiger partial charge in [0.05, 0.1) is 6.20 Å². The molecule has 1 saturated carbocycles. The third kappa shape index (κ3) is 4.36. The first-order valence-electron chi connectivity index (χ1n) is 9.17. The van der Waals surface area contributed by atoms with Crippen LogP contribution in [0, 0.1) is 10.8 Å². The summed E-state index contributed by atoms with van der Waals surface area (Å²) in [4.78, 5) is 0. The van der Waals surface area contributed by atoms with Crippen LogP contribution in [0.1, 0.15) is 92.1 Å². The smallest absolute Gasteiger partial charge is 0.0527 e. The summed E-state index contributed by atoms with van der Waals surface area (Å²) in [6.07, 6.45) is 13.7. The van der Waals surface area contributed by atoms with Crippen LogP contribution in [-0.2, 0) is 12.0 Å². The van der Waals surface area contributed by atoms with Crippen molar-refractivity contribution in [2.45, 2.75) is 98.4 Å². The Hall–Kier alpha value is -0.790. The van der Waals surface area contributed by atoms with E-state index in [2.05, 4.69) is 63.7 Å². The molecule has 0 unspecified atom stereocenters. The lowest BCUT2D eigenvalue weighted by Gasteiger charge is -2.30. The third-order valence-electron chi connectivity index (χ3n) is 5.44. The van der Waals surface area contributed by atoms with E-state index in [0.717, 1.165) is 6.54 Å². The second-order valence-corrected chi connectivity index (χ2v) is 9.55. The van der Waals surface area contributed by atoms with Crippen molar-refractivity contribution in [2.24, 2.45) is 10.8 Å². The van der Waals surface area contributed by atoms with E-state index in [9.17, 15) is 0 Å². The summed E-state index contributed by atoms with van der Waals surface area (Å²) in [6, 6.07) is 0. The van der Waals surface area contributed by atoms with Crippen LogP contribution in [0.2, 0.25) is 0 Å². The molecule has 0 radical (unpaired) electrons. The van der Waals surface area contributed by atoms with Crippen LogP contribution in [0.25, 0.3) is 0 Å². The molecule has 2 heteroatoms. The van der Waals surface area contributed by atoms with Crippen molar-refractivity contribution in [3.63, 3.8) is 0 Å². The van der Waals surface area contributed by atoms with E-state index in [1.54, 1.807) is 0 Å². The number of aromatic nitrogens is 2. The Labute approximate surface area is 137 Å². The molecule has 0 saturated heterocycles.